The van der Waals surface area contributed by atoms with E-state index in [1.165, 1.54) is 0 Å². The van der Waals surface area contributed by atoms with Crippen molar-refractivity contribution < 1.29 is 4.79 Å². The van der Waals surface area contributed by atoms with E-state index >= 15 is 0 Å². The molecule has 174 valence electrons. The number of carbonyl (C=O) groups excluding carboxylic acids is 1. The van der Waals surface area contributed by atoms with Crippen LogP contribution >= 0.6 is 0 Å². The van der Waals surface area contributed by atoms with Gasteiger partial charge in [-0.15, -0.1) is 0 Å². The third-order valence-electron chi connectivity index (χ3n) is 6.20. The third kappa shape index (κ3) is 3.81. The van der Waals surface area contributed by atoms with Crippen molar-refractivity contribution in [3.63, 3.8) is 0 Å². The molecule has 8 nitrogen and oxygen atoms in total. The summed E-state index contributed by atoms with van der Waals surface area (Å²) in [7, 11) is 0. The molecule has 0 atom stereocenters. The van der Waals surface area contributed by atoms with Gasteiger partial charge in [0.2, 0.25) is 0 Å². The number of aromatic nitrogens is 1. The van der Waals surface area contributed by atoms with Crippen molar-refractivity contribution in [3.8, 4) is 0 Å². The summed E-state index contributed by atoms with van der Waals surface area (Å²) in [6.45, 7) is 5.75. The Kier molecular flexibility index (Phi) is 6.15. The molecule has 8 heteroatoms. The molecule has 0 aliphatic heterocycles. The van der Waals surface area contributed by atoms with Crippen molar-refractivity contribution in [2.75, 3.05) is 17.6 Å². The molecule has 0 radical (unpaired) electrons. The van der Waals surface area contributed by atoms with Crippen LogP contribution in [0.5, 0.6) is 0 Å². The maximum atomic E-state index is 13.4. The van der Waals surface area contributed by atoms with Crippen LogP contribution in [0.25, 0.3) is 32.3 Å². The van der Waals surface area contributed by atoms with Crippen molar-refractivity contribution in [1.82, 2.24) is 4.98 Å². The first-order valence-corrected chi connectivity index (χ1v) is 11.2. The number of allylic oxidation sites excluding steroid dienone is 1. The monoisotopic (exact) mass is 459 g/mol. The van der Waals surface area contributed by atoms with E-state index < -0.39 is 22.0 Å². The van der Waals surface area contributed by atoms with E-state index in [4.69, 9.17) is 5.73 Å². The lowest BCUT2D eigenvalue weighted by Gasteiger charge is -2.13. The summed E-state index contributed by atoms with van der Waals surface area (Å²) in [5.74, 6) is 0.0568. The Morgan fingerprint density at radius 1 is 0.882 bits per heavy atom. The molecule has 0 amide bonds. The summed E-state index contributed by atoms with van der Waals surface area (Å²) in [5, 5.41) is 3.47. The first-order chi connectivity index (χ1) is 16.2. The van der Waals surface area contributed by atoms with Gasteiger partial charge in [-0.25, -0.2) is 0 Å². The maximum absolute atomic E-state index is 13.4. The molecule has 0 aliphatic rings. The van der Waals surface area contributed by atoms with Gasteiger partial charge in [-0.1, -0.05) is 43.7 Å². The number of hydrogen-bond donors (Lipinski definition) is 3. The lowest BCUT2D eigenvalue weighted by molar-refractivity contribution is -0.115. The normalized spacial score (nSPS) is 11.4. The number of benzene rings is 3. The van der Waals surface area contributed by atoms with Crippen LogP contribution in [0.1, 0.15) is 39.0 Å². The van der Waals surface area contributed by atoms with E-state index in [9.17, 15) is 24.0 Å². The van der Waals surface area contributed by atoms with Crippen LogP contribution in [0.4, 0.5) is 11.4 Å². The standard InChI is InChI=1S/C26H25N3O5/c1-13(2)16(30)11-5-3-4-8-12-28-22-19-17(21(27)18-20(22)26(34)29-25(18)33)23(31)14-9-6-7-10-15(14)24(19)32/h6-7,9-10,28H,1,3-5,8,11-12,27H2,2H3,(H,29,33,34). The van der Waals surface area contributed by atoms with Crippen LogP contribution in [0.3, 0.4) is 0 Å². The molecule has 0 unspecified atom stereocenters. The summed E-state index contributed by atoms with van der Waals surface area (Å²) < 4.78 is 0. The van der Waals surface area contributed by atoms with Crippen LogP contribution < -0.4 is 33.0 Å². The predicted octanol–water partition coefficient (Wildman–Crippen LogP) is 2.88. The van der Waals surface area contributed by atoms with E-state index in [1.807, 2.05) is 0 Å². The predicted molar refractivity (Wildman–Crippen MR) is 137 cm³/mol. The Morgan fingerprint density at radius 3 is 2.12 bits per heavy atom. The smallest absolute Gasteiger partial charge is 0.261 e. The number of rotatable bonds is 9. The number of hydrogen-bond acceptors (Lipinski definition) is 7. The van der Waals surface area contributed by atoms with Gasteiger partial charge >= 0.3 is 0 Å². The van der Waals surface area contributed by atoms with Gasteiger partial charge in [-0.2, -0.15) is 0 Å². The number of nitrogens with two attached hydrogens (primary N) is 1. The molecule has 4 N–H and O–H groups in total. The van der Waals surface area contributed by atoms with Gasteiger partial charge in [-0.05, 0) is 25.3 Å². The maximum Gasteiger partial charge on any atom is 0.261 e. The molecule has 34 heavy (non-hydrogen) atoms. The summed E-state index contributed by atoms with van der Waals surface area (Å²) >= 11 is 0. The van der Waals surface area contributed by atoms with Crippen LogP contribution in [-0.4, -0.2) is 17.3 Å². The second-order valence-electron chi connectivity index (χ2n) is 8.57. The highest BCUT2D eigenvalue weighted by atomic mass is 16.2. The zero-order valence-electron chi connectivity index (χ0n) is 18.9. The first-order valence-electron chi connectivity index (χ1n) is 11.2. The summed E-state index contributed by atoms with van der Waals surface area (Å²) in [6, 6.07) is 6.41. The highest BCUT2D eigenvalue weighted by Gasteiger charge is 2.24. The highest BCUT2D eigenvalue weighted by molar-refractivity contribution is 6.21. The lowest BCUT2D eigenvalue weighted by atomic mass is 9.96. The minimum absolute atomic E-state index is 0.00571. The number of ketones is 1. The number of Topliss-reactive ketones (excluding diaryl/α,β-unsaturated/α-hetero) is 1. The molecule has 4 aromatic rings. The Balaban J connectivity index is 1.74. The van der Waals surface area contributed by atoms with E-state index in [-0.39, 0.29) is 49.5 Å². The Labute approximate surface area is 193 Å². The molecule has 1 aromatic heterocycles. The summed E-state index contributed by atoms with van der Waals surface area (Å²) in [4.78, 5) is 65.6. The number of anilines is 2. The third-order valence-corrected chi connectivity index (χ3v) is 6.20. The van der Waals surface area contributed by atoms with Gasteiger partial charge in [0.15, 0.2) is 16.6 Å². The van der Waals surface area contributed by atoms with Crippen molar-refractivity contribution in [2.24, 2.45) is 0 Å². The van der Waals surface area contributed by atoms with Crippen molar-refractivity contribution in [3.05, 3.63) is 77.6 Å². The second-order valence-corrected chi connectivity index (χ2v) is 8.57. The van der Waals surface area contributed by atoms with Gasteiger partial charge in [0.05, 0.1) is 32.9 Å². The second kappa shape index (κ2) is 9.05. The highest BCUT2D eigenvalue weighted by Crippen LogP contribution is 2.33. The first kappa shape index (κ1) is 23.1. The number of aromatic amines is 1. The fraction of sp³-hybridized carbons (Fsp3) is 0.269. The molecule has 0 aliphatic carbocycles. The quantitative estimate of drug-likeness (QED) is 0.115. The molecular formula is C26H25N3O5. The van der Waals surface area contributed by atoms with E-state index in [0.717, 1.165) is 19.3 Å². The van der Waals surface area contributed by atoms with Crippen molar-refractivity contribution >= 4 is 49.5 Å². The zero-order chi connectivity index (χ0) is 24.6. The number of H-pyrrole nitrogens is 1. The van der Waals surface area contributed by atoms with Crippen molar-refractivity contribution in [2.45, 2.75) is 39.0 Å². The average Bonchev–Trinajstić information content (AvgIpc) is 3.11. The number of nitrogens with one attached hydrogen (secondary N) is 2. The molecule has 3 aromatic carbocycles. The Hall–Kier alpha value is -4.07. The Morgan fingerprint density at radius 2 is 1.47 bits per heavy atom. The average molecular weight is 460 g/mol. The number of nitrogen functional groups attached to an aromatic ring is 1. The minimum atomic E-state index is -0.690. The fourth-order valence-corrected chi connectivity index (χ4v) is 4.44. The SMILES string of the molecule is C=C(C)C(=O)CCCCCCNc1c2c(=O)[nH]c(=O)c2c(N)c2c(=O)c3ccccc3c(=O)c12. The Bertz CT molecular complexity index is 1670. The van der Waals surface area contributed by atoms with E-state index in [1.54, 1.807) is 31.2 Å². The van der Waals surface area contributed by atoms with Crippen LogP contribution in [0.2, 0.25) is 0 Å². The van der Waals surface area contributed by atoms with Gasteiger partial charge in [-0.3, -0.25) is 29.0 Å². The van der Waals surface area contributed by atoms with Gasteiger partial charge in [0, 0.05) is 23.7 Å². The minimum Gasteiger partial charge on any atom is -0.397 e. The van der Waals surface area contributed by atoms with Crippen LogP contribution in [0, 0.1) is 0 Å². The van der Waals surface area contributed by atoms with E-state index in [0.29, 0.717) is 25.0 Å². The molecule has 4 rings (SSSR count). The molecule has 0 saturated carbocycles. The van der Waals surface area contributed by atoms with Gasteiger partial charge in [0.1, 0.15) is 0 Å². The fourth-order valence-electron chi connectivity index (χ4n) is 4.44. The molecular weight excluding hydrogens is 434 g/mol. The topological polar surface area (TPSA) is 139 Å². The summed E-state index contributed by atoms with van der Waals surface area (Å²) in [6.07, 6.45) is 3.56. The van der Waals surface area contributed by atoms with Crippen LogP contribution in [0.15, 0.2) is 55.6 Å². The molecule has 0 spiro atoms. The summed E-state index contributed by atoms with van der Waals surface area (Å²) in [5.41, 5.74) is 4.52. The molecule has 0 bridgehead atoms. The largest absolute Gasteiger partial charge is 0.397 e. The molecule has 0 saturated heterocycles. The number of unbranched alkanes of at least 4 members (excludes halogenated alkanes) is 3. The van der Waals surface area contributed by atoms with Crippen molar-refractivity contribution in [1.29, 1.82) is 0 Å². The van der Waals surface area contributed by atoms with Gasteiger partial charge < -0.3 is 11.1 Å². The number of carbonyl (C=O) groups is 1. The lowest BCUT2D eigenvalue weighted by Crippen LogP contribution is -2.18. The molecule has 0 fully saturated rings. The van der Waals surface area contributed by atoms with Gasteiger partial charge in [0.25, 0.3) is 11.1 Å². The number of fused-ring (bicyclic) bond motifs is 3. The zero-order valence-corrected chi connectivity index (χ0v) is 18.9. The van der Waals surface area contributed by atoms with E-state index in [2.05, 4.69) is 16.9 Å². The van der Waals surface area contributed by atoms with Crippen LogP contribution in [-0.2, 0) is 4.79 Å². The molecule has 1 heterocycles.